The van der Waals surface area contributed by atoms with Crippen LogP contribution in [0.5, 0.6) is 0 Å². The van der Waals surface area contributed by atoms with E-state index >= 15 is 0 Å². The Morgan fingerprint density at radius 3 is 2.76 bits per heavy atom. The molecule has 1 aliphatic rings. The molecule has 1 unspecified atom stereocenters. The second kappa shape index (κ2) is 4.33. The number of hydrogen-bond acceptors (Lipinski definition) is 2. The highest BCUT2D eigenvalue weighted by Gasteiger charge is 2.30. The Balaban J connectivity index is 2.41. The maximum absolute atomic E-state index is 11.8. The molecule has 17 heavy (non-hydrogen) atoms. The summed E-state index contributed by atoms with van der Waals surface area (Å²) >= 11 is 5.65. The largest absolute Gasteiger partial charge is 0.329 e. The lowest BCUT2D eigenvalue weighted by Crippen LogP contribution is -2.40. The molecule has 94 valence electrons. The van der Waals surface area contributed by atoms with E-state index in [0.717, 1.165) is 25.7 Å². The molecule has 1 aliphatic carbocycles. The van der Waals surface area contributed by atoms with Crippen LogP contribution in [0.25, 0.3) is 0 Å². The van der Waals surface area contributed by atoms with Gasteiger partial charge in [-0.15, -0.1) is 0 Å². The predicted molar refractivity (Wildman–Crippen MR) is 67.6 cm³/mol. The molecule has 1 aromatic heterocycles. The summed E-state index contributed by atoms with van der Waals surface area (Å²) in [6.45, 7) is 4.35. The lowest BCUT2D eigenvalue weighted by molar-refractivity contribution is 0.177. The molecule has 4 nitrogen and oxygen atoms in total. The van der Waals surface area contributed by atoms with E-state index in [9.17, 15) is 9.59 Å². The zero-order valence-electron chi connectivity index (χ0n) is 10.1. The number of nitrogens with zero attached hydrogens (tertiary/aromatic N) is 1. The van der Waals surface area contributed by atoms with E-state index in [4.69, 9.17) is 11.6 Å². The summed E-state index contributed by atoms with van der Waals surface area (Å²) in [6, 6.07) is 1.26. The van der Waals surface area contributed by atoms with Crippen LogP contribution in [0.1, 0.15) is 45.6 Å². The first-order chi connectivity index (χ1) is 7.89. The minimum Gasteiger partial charge on any atom is -0.298 e. The highest BCUT2D eigenvalue weighted by Crippen LogP contribution is 2.39. The molecule has 2 rings (SSSR count). The van der Waals surface area contributed by atoms with Gasteiger partial charge in [0.2, 0.25) is 0 Å². The molecule has 0 radical (unpaired) electrons. The van der Waals surface area contributed by atoms with E-state index in [2.05, 4.69) is 18.8 Å². The Morgan fingerprint density at radius 2 is 2.18 bits per heavy atom. The van der Waals surface area contributed by atoms with Crippen LogP contribution >= 0.6 is 11.6 Å². The molecule has 1 N–H and O–H groups in total. The molecule has 5 heteroatoms. The molecule has 0 amide bonds. The maximum atomic E-state index is 11.8. The average molecular weight is 257 g/mol. The number of hydrogen-bond donors (Lipinski definition) is 1. The van der Waals surface area contributed by atoms with E-state index in [1.165, 1.54) is 10.6 Å². The van der Waals surface area contributed by atoms with Crippen molar-refractivity contribution in [1.29, 1.82) is 0 Å². The minimum absolute atomic E-state index is 0.00716. The second-order valence-electron chi connectivity index (χ2n) is 5.55. The van der Waals surface area contributed by atoms with Gasteiger partial charge < -0.3 is 0 Å². The molecule has 0 aromatic carbocycles. The zero-order valence-corrected chi connectivity index (χ0v) is 10.9. The summed E-state index contributed by atoms with van der Waals surface area (Å²) in [5.74, 6) is 0. The van der Waals surface area contributed by atoms with Gasteiger partial charge in [0.15, 0.2) is 0 Å². The van der Waals surface area contributed by atoms with Gasteiger partial charge in [0, 0.05) is 12.1 Å². The third-order valence-electron chi connectivity index (χ3n) is 3.48. The Labute approximate surface area is 105 Å². The van der Waals surface area contributed by atoms with Crippen molar-refractivity contribution < 1.29 is 0 Å². The molecule has 0 saturated heterocycles. The van der Waals surface area contributed by atoms with E-state index in [1.807, 2.05) is 0 Å². The van der Waals surface area contributed by atoms with Gasteiger partial charge in [-0.2, -0.15) is 0 Å². The van der Waals surface area contributed by atoms with Crippen LogP contribution in [-0.4, -0.2) is 9.55 Å². The van der Waals surface area contributed by atoms with Gasteiger partial charge in [0.05, 0.1) is 0 Å². The molecule has 1 fully saturated rings. The van der Waals surface area contributed by atoms with Crippen LogP contribution in [0, 0.1) is 5.41 Å². The van der Waals surface area contributed by atoms with E-state index in [1.54, 1.807) is 0 Å². The predicted octanol–water partition coefficient (Wildman–Crippen LogP) is 2.33. The van der Waals surface area contributed by atoms with Gasteiger partial charge in [-0.05, 0) is 24.7 Å². The number of H-pyrrole nitrogens is 1. The minimum atomic E-state index is -0.398. The van der Waals surface area contributed by atoms with Crippen LogP contribution in [0.15, 0.2) is 15.7 Å². The second-order valence-corrected chi connectivity index (χ2v) is 5.95. The molecule has 0 spiro atoms. The maximum Gasteiger partial charge on any atom is 0.329 e. The van der Waals surface area contributed by atoms with Crippen molar-refractivity contribution in [1.82, 2.24) is 9.55 Å². The van der Waals surface area contributed by atoms with E-state index < -0.39 is 5.69 Å². The van der Waals surface area contributed by atoms with Crippen LogP contribution < -0.4 is 11.2 Å². The third-order valence-corrected chi connectivity index (χ3v) is 3.68. The number of aromatic nitrogens is 2. The Hall–Kier alpha value is -1.03. The fourth-order valence-corrected chi connectivity index (χ4v) is 2.88. The average Bonchev–Trinajstić information content (AvgIpc) is 2.13. The number of halogens is 1. The summed E-state index contributed by atoms with van der Waals surface area (Å²) in [5.41, 5.74) is -0.513. The van der Waals surface area contributed by atoms with Gasteiger partial charge in [-0.25, -0.2) is 4.79 Å². The summed E-state index contributed by atoms with van der Waals surface area (Å²) < 4.78 is 1.31. The number of rotatable bonds is 1. The van der Waals surface area contributed by atoms with Gasteiger partial charge >= 0.3 is 5.69 Å². The first-order valence-electron chi connectivity index (χ1n) is 5.90. The lowest BCUT2D eigenvalue weighted by atomic mass is 9.75. The number of aromatic amines is 1. The SMILES string of the molecule is CC1(C)CCCC(n2c(=O)cc(Cl)[nH]c2=O)C1. The van der Waals surface area contributed by atoms with Crippen molar-refractivity contribution in [3.63, 3.8) is 0 Å². The highest BCUT2D eigenvalue weighted by molar-refractivity contribution is 6.29. The van der Waals surface area contributed by atoms with Crippen molar-refractivity contribution in [2.24, 2.45) is 5.41 Å². The Kier molecular flexibility index (Phi) is 3.17. The standard InChI is InChI=1S/C12H17ClN2O2/c1-12(2)5-3-4-8(7-12)15-10(16)6-9(13)14-11(15)17/h6,8H,3-5,7H2,1-2H3,(H,14,17). The van der Waals surface area contributed by atoms with Gasteiger partial charge in [0.25, 0.3) is 5.56 Å². The van der Waals surface area contributed by atoms with Crippen molar-refractivity contribution in [2.45, 2.75) is 45.6 Å². The third kappa shape index (κ3) is 2.63. The van der Waals surface area contributed by atoms with Gasteiger partial charge in [0.1, 0.15) is 5.15 Å². The normalized spacial score (nSPS) is 23.6. The lowest BCUT2D eigenvalue weighted by Gasteiger charge is -2.35. The summed E-state index contributed by atoms with van der Waals surface area (Å²) in [7, 11) is 0. The monoisotopic (exact) mass is 256 g/mol. The molecule has 0 bridgehead atoms. The topological polar surface area (TPSA) is 54.9 Å². The fraction of sp³-hybridized carbons (Fsp3) is 0.667. The van der Waals surface area contributed by atoms with Gasteiger partial charge in [-0.3, -0.25) is 14.3 Å². The highest BCUT2D eigenvalue weighted by atomic mass is 35.5. The zero-order chi connectivity index (χ0) is 12.6. The molecular weight excluding hydrogens is 240 g/mol. The smallest absolute Gasteiger partial charge is 0.298 e. The van der Waals surface area contributed by atoms with Gasteiger partial charge in [-0.1, -0.05) is 31.9 Å². The van der Waals surface area contributed by atoms with Crippen molar-refractivity contribution >= 4 is 11.6 Å². The van der Waals surface area contributed by atoms with Crippen LogP contribution in [-0.2, 0) is 0 Å². The first-order valence-corrected chi connectivity index (χ1v) is 6.28. The Morgan fingerprint density at radius 1 is 1.47 bits per heavy atom. The summed E-state index contributed by atoms with van der Waals surface area (Å²) in [4.78, 5) is 26.1. The molecule has 1 heterocycles. The van der Waals surface area contributed by atoms with Crippen LogP contribution in [0.3, 0.4) is 0 Å². The molecule has 1 aromatic rings. The Bertz CT molecular complexity index is 499. The summed E-state index contributed by atoms with van der Waals surface area (Å²) in [6.07, 6.45) is 3.93. The van der Waals surface area contributed by atoms with Crippen LogP contribution in [0.4, 0.5) is 0 Å². The van der Waals surface area contributed by atoms with Crippen LogP contribution in [0.2, 0.25) is 5.15 Å². The van der Waals surface area contributed by atoms with Crippen molar-refractivity contribution in [3.8, 4) is 0 Å². The van der Waals surface area contributed by atoms with E-state index in [0.29, 0.717) is 0 Å². The fourth-order valence-electron chi connectivity index (χ4n) is 2.70. The molecule has 1 saturated carbocycles. The molecule has 1 atom stereocenters. The summed E-state index contributed by atoms with van der Waals surface area (Å²) in [5, 5.41) is 0.103. The van der Waals surface area contributed by atoms with E-state index in [-0.39, 0.29) is 22.2 Å². The van der Waals surface area contributed by atoms with Crippen molar-refractivity contribution in [2.75, 3.05) is 0 Å². The quantitative estimate of drug-likeness (QED) is 0.784. The molecular formula is C12H17ClN2O2. The molecule has 0 aliphatic heterocycles. The number of nitrogens with one attached hydrogen (secondary N) is 1. The van der Waals surface area contributed by atoms with Crippen molar-refractivity contribution in [3.05, 3.63) is 32.1 Å². The first kappa shape index (κ1) is 12.4.